The van der Waals surface area contributed by atoms with E-state index in [1.807, 2.05) is 26.0 Å². The largest absolute Gasteiger partial charge is 0.496 e. The molecular weight excluding hydrogens is 291 g/mol. The molecule has 0 aliphatic heterocycles. The van der Waals surface area contributed by atoms with E-state index in [1.165, 1.54) is 7.11 Å². The number of carbonyl (C=O) groups is 1. The first kappa shape index (κ1) is 17.9. The Morgan fingerprint density at radius 2 is 1.62 bits per heavy atom. The molecule has 0 aliphatic carbocycles. The van der Waals surface area contributed by atoms with Gasteiger partial charge in [0.2, 0.25) is 0 Å². The molecular formula is C15H23O5P. The van der Waals surface area contributed by atoms with E-state index >= 15 is 0 Å². The average Bonchev–Trinajstić information content (AvgIpc) is 2.41. The van der Waals surface area contributed by atoms with Gasteiger partial charge in [0.15, 0.2) is 5.78 Å². The molecule has 1 aromatic rings. The van der Waals surface area contributed by atoms with Crippen LogP contribution in [0.3, 0.4) is 0 Å². The minimum absolute atomic E-state index is 0.231. The van der Waals surface area contributed by atoms with Crippen molar-refractivity contribution in [2.24, 2.45) is 0 Å². The van der Waals surface area contributed by atoms with E-state index in [9.17, 15) is 9.36 Å². The highest BCUT2D eigenvalue weighted by atomic mass is 31.2. The van der Waals surface area contributed by atoms with Crippen LogP contribution < -0.4 is 4.74 Å². The second-order valence-electron chi connectivity index (χ2n) is 4.64. The fraction of sp³-hybridized carbons (Fsp3) is 0.533. The Labute approximate surface area is 126 Å². The standard InChI is InChI=1S/C15H23O5P/c1-6-19-21(17,20-7-2)10-13(16)14-11(3)8-9-12(4)15(14)18-5/h8-9H,6-7,10H2,1-5H3. The minimum Gasteiger partial charge on any atom is -0.496 e. The predicted octanol–water partition coefficient (Wildman–Crippen LogP) is 3.76. The van der Waals surface area contributed by atoms with Crippen molar-refractivity contribution in [3.63, 3.8) is 0 Å². The van der Waals surface area contributed by atoms with Gasteiger partial charge in [-0.3, -0.25) is 9.36 Å². The van der Waals surface area contributed by atoms with E-state index < -0.39 is 7.60 Å². The lowest BCUT2D eigenvalue weighted by Crippen LogP contribution is -2.13. The van der Waals surface area contributed by atoms with Crippen molar-refractivity contribution in [1.29, 1.82) is 0 Å². The van der Waals surface area contributed by atoms with E-state index in [1.54, 1.807) is 13.8 Å². The molecule has 0 aliphatic rings. The average molecular weight is 314 g/mol. The first-order valence-corrected chi connectivity index (χ1v) is 8.66. The third-order valence-electron chi connectivity index (χ3n) is 3.03. The second kappa shape index (κ2) is 7.74. The van der Waals surface area contributed by atoms with Crippen LogP contribution in [0.4, 0.5) is 0 Å². The number of hydrogen-bond donors (Lipinski definition) is 0. The van der Waals surface area contributed by atoms with Gasteiger partial charge in [-0.2, -0.15) is 0 Å². The van der Waals surface area contributed by atoms with Gasteiger partial charge in [0.05, 0.1) is 25.9 Å². The summed E-state index contributed by atoms with van der Waals surface area (Å²) in [5.41, 5.74) is 2.08. The third kappa shape index (κ3) is 4.40. The number of aryl methyl sites for hydroxylation is 2. The molecule has 0 atom stereocenters. The zero-order valence-electron chi connectivity index (χ0n) is 13.3. The van der Waals surface area contributed by atoms with Gasteiger partial charge in [-0.15, -0.1) is 0 Å². The predicted molar refractivity (Wildman–Crippen MR) is 82.5 cm³/mol. The van der Waals surface area contributed by atoms with Crippen LogP contribution in [-0.4, -0.2) is 32.3 Å². The van der Waals surface area contributed by atoms with Crippen molar-refractivity contribution >= 4 is 13.4 Å². The number of benzene rings is 1. The summed E-state index contributed by atoms with van der Waals surface area (Å²) in [7, 11) is -1.89. The number of ether oxygens (including phenoxy) is 1. The molecule has 0 aromatic heterocycles. The Hall–Kier alpha value is -1.16. The summed E-state index contributed by atoms with van der Waals surface area (Å²) in [6, 6.07) is 3.73. The van der Waals surface area contributed by atoms with Gasteiger partial charge in [0.1, 0.15) is 11.9 Å². The summed E-state index contributed by atoms with van der Waals surface area (Å²) in [5.74, 6) is 0.220. The lowest BCUT2D eigenvalue weighted by Gasteiger charge is -2.18. The molecule has 118 valence electrons. The molecule has 1 rings (SSSR count). The quantitative estimate of drug-likeness (QED) is 0.540. The van der Waals surface area contributed by atoms with Crippen LogP contribution in [0.2, 0.25) is 0 Å². The summed E-state index contributed by atoms with van der Waals surface area (Å²) in [6.07, 6.45) is -0.282. The molecule has 5 nitrogen and oxygen atoms in total. The van der Waals surface area contributed by atoms with Gasteiger partial charge in [-0.05, 0) is 38.8 Å². The van der Waals surface area contributed by atoms with E-state index in [0.717, 1.165) is 11.1 Å². The molecule has 0 N–H and O–H groups in total. The zero-order valence-corrected chi connectivity index (χ0v) is 14.2. The SMILES string of the molecule is CCOP(=O)(CC(=O)c1c(C)ccc(C)c1OC)OCC. The summed E-state index contributed by atoms with van der Waals surface area (Å²) in [4.78, 5) is 12.6. The van der Waals surface area contributed by atoms with Gasteiger partial charge in [-0.25, -0.2) is 0 Å². The van der Waals surface area contributed by atoms with E-state index in [-0.39, 0.29) is 25.2 Å². The van der Waals surface area contributed by atoms with Crippen LogP contribution in [0.5, 0.6) is 5.75 Å². The molecule has 21 heavy (non-hydrogen) atoms. The maximum absolute atomic E-state index is 12.6. The Balaban J connectivity index is 3.14. The van der Waals surface area contributed by atoms with Gasteiger partial charge < -0.3 is 13.8 Å². The van der Waals surface area contributed by atoms with Crippen molar-refractivity contribution in [3.8, 4) is 5.75 Å². The topological polar surface area (TPSA) is 61.8 Å². The van der Waals surface area contributed by atoms with Crippen molar-refractivity contribution in [2.75, 3.05) is 26.5 Å². The zero-order chi connectivity index (χ0) is 16.0. The first-order valence-electron chi connectivity index (χ1n) is 6.94. The van der Waals surface area contributed by atoms with E-state index in [0.29, 0.717) is 11.3 Å². The number of carbonyl (C=O) groups excluding carboxylic acids is 1. The van der Waals surface area contributed by atoms with E-state index in [2.05, 4.69) is 0 Å². The Bertz CT molecular complexity index is 543. The van der Waals surface area contributed by atoms with Gasteiger partial charge in [0, 0.05) is 0 Å². The Morgan fingerprint density at radius 3 is 2.10 bits per heavy atom. The molecule has 0 fully saturated rings. The Morgan fingerprint density at radius 1 is 1.10 bits per heavy atom. The monoisotopic (exact) mass is 314 g/mol. The van der Waals surface area contributed by atoms with Crippen LogP contribution in [-0.2, 0) is 13.6 Å². The molecule has 0 spiro atoms. The van der Waals surface area contributed by atoms with Crippen LogP contribution in [0, 0.1) is 13.8 Å². The molecule has 0 radical (unpaired) electrons. The first-order chi connectivity index (χ1) is 9.88. The lowest BCUT2D eigenvalue weighted by atomic mass is 10.0. The smallest absolute Gasteiger partial charge is 0.338 e. The molecule has 0 bridgehead atoms. The highest BCUT2D eigenvalue weighted by molar-refractivity contribution is 7.55. The van der Waals surface area contributed by atoms with Crippen molar-refractivity contribution in [3.05, 3.63) is 28.8 Å². The second-order valence-corrected chi connectivity index (χ2v) is 6.69. The fourth-order valence-electron chi connectivity index (χ4n) is 2.17. The van der Waals surface area contributed by atoms with Crippen LogP contribution >= 0.6 is 7.60 Å². The highest BCUT2D eigenvalue weighted by Gasteiger charge is 2.30. The number of hydrogen-bond acceptors (Lipinski definition) is 5. The van der Waals surface area contributed by atoms with Crippen LogP contribution in [0.25, 0.3) is 0 Å². The molecule has 0 heterocycles. The summed E-state index contributed by atoms with van der Waals surface area (Å²) >= 11 is 0. The van der Waals surface area contributed by atoms with Gasteiger partial charge in [0.25, 0.3) is 0 Å². The number of Topliss-reactive ketones (excluding diaryl/α,β-unsaturated/α-hetero) is 1. The van der Waals surface area contributed by atoms with Crippen molar-refractivity contribution < 1.29 is 23.1 Å². The Kier molecular flexibility index (Phi) is 6.59. The summed E-state index contributed by atoms with van der Waals surface area (Å²) < 4.78 is 28.2. The van der Waals surface area contributed by atoms with Gasteiger partial charge in [-0.1, -0.05) is 12.1 Å². The maximum Gasteiger partial charge on any atom is 0.338 e. The molecule has 0 amide bonds. The summed E-state index contributed by atoms with van der Waals surface area (Å²) in [5, 5.41) is 0. The van der Waals surface area contributed by atoms with Crippen molar-refractivity contribution in [1.82, 2.24) is 0 Å². The van der Waals surface area contributed by atoms with Gasteiger partial charge >= 0.3 is 7.60 Å². The normalized spacial score (nSPS) is 11.5. The number of methoxy groups -OCH3 is 1. The van der Waals surface area contributed by atoms with Crippen LogP contribution in [0.1, 0.15) is 35.3 Å². The number of rotatable bonds is 8. The molecule has 1 aromatic carbocycles. The third-order valence-corrected chi connectivity index (χ3v) is 5.01. The molecule has 0 unspecified atom stereocenters. The lowest BCUT2D eigenvalue weighted by molar-refractivity contribution is 0.100. The van der Waals surface area contributed by atoms with Crippen molar-refractivity contribution in [2.45, 2.75) is 27.7 Å². The molecule has 6 heteroatoms. The summed E-state index contributed by atoms with van der Waals surface area (Å²) in [6.45, 7) is 7.58. The molecule has 0 saturated carbocycles. The highest BCUT2D eigenvalue weighted by Crippen LogP contribution is 2.48. The van der Waals surface area contributed by atoms with Crippen LogP contribution in [0.15, 0.2) is 12.1 Å². The maximum atomic E-state index is 12.6. The minimum atomic E-state index is -3.41. The van der Waals surface area contributed by atoms with E-state index in [4.69, 9.17) is 13.8 Å². The fourth-order valence-corrected chi connectivity index (χ4v) is 3.73. The number of ketones is 1. The molecule has 0 saturated heterocycles.